The van der Waals surface area contributed by atoms with E-state index < -0.39 is 0 Å². The lowest BCUT2D eigenvalue weighted by Gasteiger charge is -2.13. The van der Waals surface area contributed by atoms with Crippen molar-refractivity contribution >= 4 is 29.1 Å². The van der Waals surface area contributed by atoms with Crippen molar-refractivity contribution in [3.05, 3.63) is 59.7 Å². The van der Waals surface area contributed by atoms with Crippen LogP contribution in [0.25, 0.3) is 0 Å². The average molecular weight is 290 g/mol. The molecule has 0 aliphatic carbocycles. The molecule has 1 N–H and O–H groups in total. The summed E-state index contributed by atoms with van der Waals surface area (Å²) in [6.45, 7) is 0.979. The van der Waals surface area contributed by atoms with Gasteiger partial charge in [0.2, 0.25) is 0 Å². The van der Waals surface area contributed by atoms with E-state index in [4.69, 9.17) is 11.6 Å². The minimum atomic E-state index is 0.557. The number of benzene rings is 2. The molecule has 0 amide bonds. The van der Waals surface area contributed by atoms with E-state index in [-0.39, 0.29) is 0 Å². The Balaban J connectivity index is 1.63. The third kappa shape index (κ3) is 2.90. The number of fused-ring (bicyclic) bond motifs is 1. The number of thioether (sulfide) groups is 1. The van der Waals surface area contributed by atoms with Gasteiger partial charge in [-0.05, 0) is 29.7 Å². The van der Waals surface area contributed by atoms with Gasteiger partial charge in [-0.1, -0.05) is 36.4 Å². The number of rotatable bonds is 4. The zero-order valence-electron chi connectivity index (χ0n) is 10.6. The summed E-state index contributed by atoms with van der Waals surface area (Å²) in [5.41, 5.74) is 3.81. The van der Waals surface area contributed by atoms with Gasteiger partial charge in [0.05, 0.1) is 0 Å². The third-order valence-corrected chi connectivity index (χ3v) is 5.00. The Morgan fingerprint density at radius 2 is 1.89 bits per heavy atom. The van der Waals surface area contributed by atoms with Crippen LogP contribution in [0.5, 0.6) is 0 Å². The molecule has 1 atom stereocenters. The molecule has 1 aliphatic rings. The highest BCUT2D eigenvalue weighted by molar-refractivity contribution is 8.00. The van der Waals surface area contributed by atoms with E-state index in [9.17, 15) is 0 Å². The molecule has 19 heavy (non-hydrogen) atoms. The van der Waals surface area contributed by atoms with Crippen molar-refractivity contribution in [1.82, 2.24) is 0 Å². The Bertz CT molecular complexity index is 545. The molecule has 0 spiro atoms. The van der Waals surface area contributed by atoms with E-state index in [1.54, 1.807) is 0 Å². The summed E-state index contributed by atoms with van der Waals surface area (Å²) in [6.07, 6.45) is 1.15. The molecule has 0 radical (unpaired) electrons. The second-order valence-corrected chi connectivity index (χ2v) is 6.33. The summed E-state index contributed by atoms with van der Waals surface area (Å²) in [6, 6.07) is 16.9. The van der Waals surface area contributed by atoms with Crippen molar-refractivity contribution in [1.29, 1.82) is 0 Å². The van der Waals surface area contributed by atoms with Crippen LogP contribution in [0, 0.1) is 0 Å². The number of hydrogen-bond donors (Lipinski definition) is 1. The molecule has 2 aromatic carbocycles. The number of halogens is 1. The van der Waals surface area contributed by atoms with Gasteiger partial charge in [-0.3, -0.25) is 0 Å². The maximum Gasteiger partial charge on any atom is 0.0494 e. The summed E-state index contributed by atoms with van der Waals surface area (Å²) in [5.74, 6) is 0.557. The lowest BCUT2D eigenvalue weighted by Crippen LogP contribution is -2.16. The van der Waals surface area contributed by atoms with Crippen molar-refractivity contribution in [3.63, 3.8) is 0 Å². The number of hydrogen-bond acceptors (Lipinski definition) is 2. The Labute approximate surface area is 123 Å². The highest BCUT2D eigenvalue weighted by atomic mass is 35.5. The maximum atomic E-state index is 5.96. The molecule has 2 aromatic rings. The third-order valence-electron chi connectivity index (χ3n) is 3.40. The molecule has 3 rings (SSSR count). The van der Waals surface area contributed by atoms with E-state index in [2.05, 4.69) is 47.8 Å². The second kappa shape index (κ2) is 5.89. The van der Waals surface area contributed by atoms with E-state index in [0.29, 0.717) is 11.1 Å². The first-order chi connectivity index (χ1) is 9.36. The molecule has 1 nitrogen and oxygen atoms in total. The van der Waals surface area contributed by atoms with Crippen molar-refractivity contribution < 1.29 is 0 Å². The monoisotopic (exact) mass is 289 g/mol. The summed E-state index contributed by atoms with van der Waals surface area (Å²) in [4.78, 5) is 1.43. The SMILES string of the molecule is ClCc1ccccc1NCC1Cc2ccccc2S1. The molecule has 98 valence electrons. The first kappa shape index (κ1) is 12.9. The quantitative estimate of drug-likeness (QED) is 0.829. The molecule has 0 saturated carbocycles. The van der Waals surface area contributed by atoms with Gasteiger partial charge in [-0.25, -0.2) is 0 Å². The molecule has 0 bridgehead atoms. The largest absolute Gasteiger partial charge is 0.384 e. The maximum absolute atomic E-state index is 5.96. The van der Waals surface area contributed by atoms with Crippen LogP contribution in [-0.4, -0.2) is 11.8 Å². The molecular weight excluding hydrogens is 274 g/mol. The van der Waals surface area contributed by atoms with Gasteiger partial charge in [0.15, 0.2) is 0 Å². The zero-order valence-corrected chi connectivity index (χ0v) is 12.2. The van der Waals surface area contributed by atoms with Crippen LogP contribution in [0.1, 0.15) is 11.1 Å². The van der Waals surface area contributed by atoms with Gasteiger partial charge in [0.25, 0.3) is 0 Å². The van der Waals surface area contributed by atoms with Gasteiger partial charge >= 0.3 is 0 Å². The zero-order chi connectivity index (χ0) is 13.1. The van der Waals surface area contributed by atoms with Crippen LogP contribution in [0.3, 0.4) is 0 Å². The standard InChI is InChI=1S/C16H16ClNS/c17-10-13-6-1-3-7-15(13)18-11-14-9-12-5-2-4-8-16(12)19-14/h1-8,14,18H,9-11H2. The predicted molar refractivity (Wildman–Crippen MR) is 84.3 cm³/mol. The lowest BCUT2D eigenvalue weighted by molar-refractivity contribution is 0.898. The molecule has 3 heteroatoms. The van der Waals surface area contributed by atoms with Crippen molar-refractivity contribution in [3.8, 4) is 0 Å². The molecule has 0 saturated heterocycles. The van der Waals surface area contributed by atoms with Crippen molar-refractivity contribution in [2.24, 2.45) is 0 Å². The summed E-state index contributed by atoms with van der Waals surface area (Å²) >= 11 is 7.93. The van der Waals surface area contributed by atoms with E-state index in [1.807, 2.05) is 17.8 Å². The average Bonchev–Trinajstić information content (AvgIpc) is 2.88. The Morgan fingerprint density at radius 1 is 1.11 bits per heavy atom. The smallest absolute Gasteiger partial charge is 0.0494 e. The molecule has 1 aliphatic heterocycles. The first-order valence-corrected chi connectivity index (χ1v) is 7.90. The number of anilines is 1. The fourth-order valence-electron chi connectivity index (χ4n) is 2.40. The van der Waals surface area contributed by atoms with Crippen molar-refractivity contribution in [2.75, 3.05) is 11.9 Å². The minimum absolute atomic E-state index is 0.557. The van der Waals surface area contributed by atoms with Crippen LogP contribution >= 0.6 is 23.4 Å². The van der Waals surface area contributed by atoms with Gasteiger partial charge in [0, 0.05) is 28.3 Å². The van der Waals surface area contributed by atoms with Gasteiger partial charge in [0.1, 0.15) is 0 Å². The normalized spacial score (nSPS) is 17.2. The molecule has 0 aromatic heterocycles. The highest BCUT2D eigenvalue weighted by Gasteiger charge is 2.21. The first-order valence-electron chi connectivity index (χ1n) is 6.49. The van der Waals surface area contributed by atoms with E-state index in [0.717, 1.165) is 18.7 Å². The molecule has 1 unspecified atom stereocenters. The molecule has 1 heterocycles. The summed E-state index contributed by atoms with van der Waals surface area (Å²) < 4.78 is 0. The highest BCUT2D eigenvalue weighted by Crippen LogP contribution is 2.36. The van der Waals surface area contributed by atoms with Crippen LogP contribution in [-0.2, 0) is 12.3 Å². The Kier molecular flexibility index (Phi) is 4.00. The van der Waals surface area contributed by atoms with Crippen LogP contribution in [0.15, 0.2) is 53.4 Å². The lowest BCUT2D eigenvalue weighted by atomic mass is 10.1. The van der Waals surface area contributed by atoms with Gasteiger partial charge < -0.3 is 5.32 Å². The summed E-state index contributed by atoms with van der Waals surface area (Å²) in [5, 5.41) is 4.15. The van der Waals surface area contributed by atoms with Crippen LogP contribution in [0.2, 0.25) is 0 Å². The predicted octanol–water partition coefficient (Wildman–Crippen LogP) is 4.55. The minimum Gasteiger partial charge on any atom is -0.384 e. The van der Waals surface area contributed by atoms with Crippen LogP contribution < -0.4 is 5.32 Å². The fourth-order valence-corrected chi connectivity index (χ4v) is 3.88. The summed E-state index contributed by atoms with van der Waals surface area (Å²) in [7, 11) is 0. The molecule has 0 fully saturated rings. The fraction of sp³-hybridized carbons (Fsp3) is 0.250. The number of alkyl halides is 1. The topological polar surface area (TPSA) is 12.0 Å². The van der Waals surface area contributed by atoms with Gasteiger partial charge in [-0.15, -0.1) is 23.4 Å². The second-order valence-electron chi connectivity index (χ2n) is 4.72. The number of para-hydroxylation sites is 1. The van der Waals surface area contributed by atoms with E-state index in [1.165, 1.54) is 16.0 Å². The number of nitrogens with one attached hydrogen (secondary N) is 1. The van der Waals surface area contributed by atoms with Crippen LogP contribution in [0.4, 0.5) is 5.69 Å². The van der Waals surface area contributed by atoms with Gasteiger partial charge in [-0.2, -0.15) is 0 Å². The van der Waals surface area contributed by atoms with E-state index >= 15 is 0 Å². The van der Waals surface area contributed by atoms with Crippen molar-refractivity contribution in [2.45, 2.75) is 22.4 Å². The molecular formula is C16H16ClNS. The Morgan fingerprint density at radius 3 is 2.74 bits per heavy atom. The Hall–Kier alpha value is -1.12.